The SMILES string of the molecule is CC1[C@H](O)OC(=O)N1c1cccc(F)c1OCc1ccccc1. The second kappa shape index (κ2) is 6.26. The number of nitrogens with zero attached hydrogens (tertiary/aromatic N) is 1. The van der Waals surface area contributed by atoms with E-state index in [1.165, 1.54) is 17.0 Å². The number of aliphatic hydroxyl groups excluding tert-OH is 1. The molecule has 6 heteroatoms. The highest BCUT2D eigenvalue weighted by atomic mass is 19.1. The van der Waals surface area contributed by atoms with Gasteiger partial charge in [-0.25, -0.2) is 9.18 Å². The highest BCUT2D eigenvalue weighted by molar-refractivity contribution is 5.92. The Hall–Kier alpha value is -2.60. The maximum Gasteiger partial charge on any atom is 0.417 e. The molecular weight excluding hydrogens is 301 g/mol. The van der Waals surface area contributed by atoms with E-state index in [2.05, 4.69) is 0 Å². The van der Waals surface area contributed by atoms with E-state index >= 15 is 0 Å². The van der Waals surface area contributed by atoms with Gasteiger partial charge in [0.2, 0.25) is 6.29 Å². The standard InChI is InChI=1S/C17H16FNO4/c1-11-16(20)23-17(21)19(11)14-9-5-8-13(18)15(14)22-10-12-6-3-2-4-7-12/h2-9,11,16,20H,10H2,1H3/t11?,16-/m1/s1. The second-order valence-electron chi connectivity index (χ2n) is 5.25. The number of benzene rings is 2. The molecule has 0 aliphatic carbocycles. The van der Waals surface area contributed by atoms with Crippen LogP contribution in [0.2, 0.25) is 0 Å². The Balaban J connectivity index is 1.90. The summed E-state index contributed by atoms with van der Waals surface area (Å²) in [6.45, 7) is 1.77. The lowest BCUT2D eigenvalue weighted by molar-refractivity contribution is -0.0312. The molecule has 1 unspecified atom stereocenters. The summed E-state index contributed by atoms with van der Waals surface area (Å²) >= 11 is 0. The van der Waals surface area contributed by atoms with Gasteiger partial charge in [-0.3, -0.25) is 4.90 Å². The van der Waals surface area contributed by atoms with Crippen LogP contribution in [0.25, 0.3) is 0 Å². The van der Waals surface area contributed by atoms with Crippen molar-refractivity contribution in [2.75, 3.05) is 4.90 Å². The van der Waals surface area contributed by atoms with Gasteiger partial charge in [-0.2, -0.15) is 0 Å². The smallest absolute Gasteiger partial charge is 0.417 e. The number of cyclic esters (lactones) is 1. The number of para-hydroxylation sites is 1. The molecular formula is C17H16FNO4. The molecule has 0 radical (unpaired) electrons. The molecule has 0 bridgehead atoms. The Morgan fingerprint density at radius 3 is 2.61 bits per heavy atom. The van der Waals surface area contributed by atoms with Gasteiger partial charge in [0.1, 0.15) is 12.6 Å². The van der Waals surface area contributed by atoms with Crippen molar-refractivity contribution in [3.05, 3.63) is 59.9 Å². The highest BCUT2D eigenvalue weighted by Crippen LogP contribution is 2.36. The molecule has 1 heterocycles. The highest BCUT2D eigenvalue weighted by Gasteiger charge is 2.40. The fourth-order valence-electron chi connectivity index (χ4n) is 2.43. The molecule has 2 aromatic carbocycles. The Morgan fingerprint density at radius 1 is 1.22 bits per heavy atom. The quantitative estimate of drug-likeness (QED) is 0.941. The summed E-state index contributed by atoms with van der Waals surface area (Å²) in [6.07, 6.45) is -1.99. The first-order valence-electron chi connectivity index (χ1n) is 7.21. The minimum Gasteiger partial charge on any atom is -0.484 e. The van der Waals surface area contributed by atoms with E-state index in [0.29, 0.717) is 0 Å². The van der Waals surface area contributed by atoms with E-state index in [4.69, 9.17) is 9.47 Å². The molecule has 1 aliphatic rings. The summed E-state index contributed by atoms with van der Waals surface area (Å²) in [5, 5.41) is 9.65. The molecule has 3 rings (SSSR count). The summed E-state index contributed by atoms with van der Waals surface area (Å²) in [4.78, 5) is 13.1. The van der Waals surface area contributed by atoms with Gasteiger partial charge >= 0.3 is 6.09 Å². The monoisotopic (exact) mass is 317 g/mol. The number of halogens is 1. The molecule has 23 heavy (non-hydrogen) atoms. The summed E-state index contributed by atoms with van der Waals surface area (Å²) in [5.74, 6) is -0.630. The molecule has 0 aromatic heterocycles. The largest absolute Gasteiger partial charge is 0.484 e. The summed E-state index contributed by atoms with van der Waals surface area (Å²) < 4.78 is 24.5. The van der Waals surface area contributed by atoms with Crippen LogP contribution in [0, 0.1) is 5.82 Å². The topological polar surface area (TPSA) is 59.0 Å². The molecule has 0 saturated carbocycles. The molecule has 2 aromatic rings. The molecule has 1 amide bonds. The lowest BCUT2D eigenvalue weighted by atomic mass is 10.2. The van der Waals surface area contributed by atoms with Crippen molar-refractivity contribution in [2.45, 2.75) is 25.9 Å². The zero-order valence-electron chi connectivity index (χ0n) is 12.5. The first kappa shape index (κ1) is 15.3. The average molecular weight is 317 g/mol. The molecule has 1 N–H and O–H groups in total. The molecule has 2 atom stereocenters. The maximum atomic E-state index is 14.2. The van der Waals surface area contributed by atoms with Crippen molar-refractivity contribution >= 4 is 11.8 Å². The first-order chi connectivity index (χ1) is 11.1. The number of carbonyl (C=O) groups excluding carboxylic acids is 1. The third-order valence-corrected chi connectivity index (χ3v) is 3.67. The molecule has 1 aliphatic heterocycles. The molecule has 120 valence electrons. The van der Waals surface area contributed by atoms with E-state index in [1.54, 1.807) is 13.0 Å². The number of anilines is 1. The number of rotatable bonds is 4. The predicted molar refractivity (Wildman–Crippen MR) is 81.6 cm³/mol. The zero-order chi connectivity index (χ0) is 16.4. The number of hydrogen-bond acceptors (Lipinski definition) is 4. The Bertz CT molecular complexity index is 707. The van der Waals surface area contributed by atoms with Crippen molar-refractivity contribution in [1.82, 2.24) is 0 Å². The van der Waals surface area contributed by atoms with Crippen molar-refractivity contribution in [3.8, 4) is 5.75 Å². The molecule has 0 spiro atoms. The van der Waals surface area contributed by atoms with Crippen LogP contribution in [0.1, 0.15) is 12.5 Å². The summed E-state index contributed by atoms with van der Waals surface area (Å²) in [5.41, 5.74) is 1.11. The number of hydrogen-bond donors (Lipinski definition) is 1. The van der Waals surface area contributed by atoms with E-state index in [1.807, 2.05) is 30.3 Å². The molecule has 1 fully saturated rings. The molecule has 1 saturated heterocycles. The van der Waals surface area contributed by atoms with Crippen LogP contribution in [0.5, 0.6) is 5.75 Å². The summed E-state index contributed by atoms with van der Waals surface area (Å²) in [6, 6.07) is 13.0. The third-order valence-electron chi connectivity index (χ3n) is 3.67. The number of carbonyl (C=O) groups is 1. The number of aliphatic hydroxyl groups is 1. The van der Waals surface area contributed by atoms with E-state index in [0.717, 1.165) is 5.56 Å². The third kappa shape index (κ3) is 2.98. The van der Waals surface area contributed by atoms with Crippen LogP contribution in [0.15, 0.2) is 48.5 Å². The normalized spacial score (nSPS) is 20.5. The Kier molecular flexibility index (Phi) is 4.16. The molecule has 5 nitrogen and oxygen atoms in total. The Labute approximate surface area is 132 Å². The minimum atomic E-state index is -1.26. The van der Waals surface area contributed by atoms with E-state index in [9.17, 15) is 14.3 Å². The van der Waals surface area contributed by atoms with Crippen LogP contribution in [0.3, 0.4) is 0 Å². The van der Waals surface area contributed by atoms with Crippen LogP contribution >= 0.6 is 0 Å². The van der Waals surface area contributed by atoms with Gasteiger partial charge in [-0.05, 0) is 24.6 Å². The van der Waals surface area contributed by atoms with Gasteiger partial charge in [0, 0.05) is 0 Å². The van der Waals surface area contributed by atoms with Gasteiger partial charge in [0.05, 0.1) is 5.69 Å². The number of amides is 1. The van der Waals surface area contributed by atoms with Crippen LogP contribution < -0.4 is 9.64 Å². The maximum absolute atomic E-state index is 14.2. The van der Waals surface area contributed by atoms with Gasteiger partial charge in [-0.1, -0.05) is 36.4 Å². The van der Waals surface area contributed by atoms with Gasteiger partial charge in [0.15, 0.2) is 11.6 Å². The second-order valence-corrected chi connectivity index (χ2v) is 5.25. The van der Waals surface area contributed by atoms with Crippen molar-refractivity contribution in [2.24, 2.45) is 0 Å². The lowest BCUT2D eigenvalue weighted by Gasteiger charge is -2.22. The zero-order valence-corrected chi connectivity index (χ0v) is 12.5. The van der Waals surface area contributed by atoms with E-state index in [-0.39, 0.29) is 18.0 Å². The fraction of sp³-hybridized carbons (Fsp3) is 0.235. The minimum absolute atomic E-state index is 0.0470. The number of ether oxygens (including phenoxy) is 2. The van der Waals surface area contributed by atoms with Crippen LogP contribution in [0.4, 0.5) is 14.9 Å². The first-order valence-corrected chi connectivity index (χ1v) is 7.21. The summed E-state index contributed by atoms with van der Waals surface area (Å²) in [7, 11) is 0. The lowest BCUT2D eigenvalue weighted by Crippen LogP contribution is -2.34. The van der Waals surface area contributed by atoms with Crippen molar-refractivity contribution in [1.29, 1.82) is 0 Å². The average Bonchev–Trinajstić information content (AvgIpc) is 2.80. The van der Waals surface area contributed by atoms with Gasteiger partial charge < -0.3 is 14.6 Å². The van der Waals surface area contributed by atoms with Crippen LogP contribution in [-0.2, 0) is 11.3 Å². The van der Waals surface area contributed by atoms with Crippen molar-refractivity contribution < 1.29 is 23.8 Å². The van der Waals surface area contributed by atoms with E-state index < -0.39 is 24.2 Å². The van der Waals surface area contributed by atoms with Gasteiger partial charge in [0.25, 0.3) is 0 Å². The van der Waals surface area contributed by atoms with Gasteiger partial charge in [-0.15, -0.1) is 0 Å². The Morgan fingerprint density at radius 2 is 1.96 bits per heavy atom. The van der Waals surface area contributed by atoms with Crippen molar-refractivity contribution in [3.63, 3.8) is 0 Å². The fourth-order valence-corrected chi connectivity index (χ4v) is 2.43. The predicted octanol–water partition coefficient (Wildman–Crippen LogP) is 3.07. The van der Waals surface area contributed by atoms with Crippen LogP contribution in [-0.4, -0.2) is 23.5 Å².